The largest absolute Gasteiger partial charge is 0.494 e. The number of hydrogen-bond acceptors (Lipinski definition) is 4. The fourth-order valence-electron chi connectivity index (χ4n) is 1.94. The highest BCUT2D eigenvalue weighted by molar-refractivity contribution is 7.22. The molecule has 0 aliphatic carbocycles. The van der Waals surface area contributed by atoms with Gasteiger partial charge in [-0.15, -0.1) is 0 Å². The zero-order valence-electron chi connectivity index (χ0n) is 11.1. The first-order valence-corrected chi connectivity index (χ1v) is 7.37. The molecule has 1 N–H and O–H groups in total. The average molecular weight is 319 g/mol. The van der Waals surface area contributed by atoms with Gasteiger partial charge in [-0.25, -0.2) is 4.98 Å². The fourth-order valence-corrected chi connectivity index (χ4v) is 3.01. The van der Waals surface area contributed by atoms with Crippen LogP contribution in [0.4, 0.5) is 5.13 Å². The quantitative estimate of drug-likeness (QED) is 0.787. The minimum atomic E-state index is -0.240. The van der Waals surface area contributed by atoms with Gasteiger partial charge in [-0.3, -0.25) is 10.1 Å². The number of amides is 1. The van der Waals surface area contributed by atoms with Gasteiger partial charge in [-0.1, -0.05) is 35.1 Å². The summed E-state index contributed by atoms with van der Waals surface area (Å²) in [6.45, 7) is 0. The maximum atomic E-state index is 12.2. The second kappa shape index (κ2) is 5.71. The molecular weight excluding hydrogens is 308 g/mol. The second-order valence-corrected chi connectivity index (χ2v) is 5.76. The molecule has 3 rings (SSSR count). The standard InChI is InChI=1S/C15H11ClN2O2S/c1-20-11-6-3-7-12-13(11)17-15(21-12)18-14(19)9-4-2-5-10(16)8-9/h2-8H,1H3,(H,17,18,19). The number of ether oxygens (including phenoxy) is 1. The number of carbonyl (C=O) groups is 1. The highest BCUT2D eigenvalue weighted by Gasteiger charge is 2.12. The Morgan fingerprint density at radius 1 is 1.29 bits per heavy atom. The van der Waals surface area contributed by atoms with Crippen LogP contribution in [0, 0.1) is 0 Å². The zero-order chi connectivity index (χ0) is 14.8. The van der Waals surface area contributed by atoms with Gasteiger partial charge in [-0.2, -0.15) is 0 Å². The summed E-state index contributed by atoms with van der Waals surface area (Å²) in [5.41, 5.74) is 1.24. The van der Waals surface area contributed by atoms with Gasteiger partial charge < -0.3 is 4.74 Å². The van der Waals surface area contributed by atoms with Crippen molar-refractivity contribution < 1.29 is 9.53 Å². The van der Waals surface area contributed by atoms with Crippen molar-refractivity contribution in [3.8, 4) is 5.75 Å². The SMILES string of the molecule is COc1cccc2sc(NC(=O)c3cccc(Cl)c3)nc12. The van der Waals surface area contributed by atoms with Crippen molar-refractivity contribution in [1.82, 2.24) is 4.98 Å². The lowest BCUT2D eigenvalue weighted by Crippen LogP contribution is -2.11. The predicted molar refractivity (Wildman–Crippen MR) is 85.6 cm³/mol. The topological polar surface area (TPSA) is 51.2 Å². The molecule has 6 heteroatoms. The third-order valence-corrected chi connectivity index (χ3v) is 4.08. The van der Waals surface area contributed by atoms with Crippen LogP contribution in [-0.2, 0) is 0 Å². The lowest BCUT2D eigenvalue weighted by atomic mass is 10.2. The van der Waals surface area contributed by atoms with E-state index in [1.165, 1.54) is 11.3 Å². The van der Waals surface area contributed by atoms with Crippen LogP contribution in [0.15, 0.2) is 42.5 Å². The highest BCUT2D eigenvalue weighted by Crippen LogP contribution is 2.32. The van der Waals surface area contributed by atoms with Crippen LogP contribution >= 0.6 is 22.9 Å². The molecule has 0 aliphatic heterocycles. The van der Waals surface area contributed by atoms with E-state index in [9.17, 15) is 4.79 Å². The summed E-state index contributed by atoms with van der Waals surface area (Å²) >= 11 is 7.28. The van der Waals surface area contributed by atoms with Gasteiger partial charge in [0, 0.05) is 10.6 Å². The first kappa shape index (κ1) is 13.9. The fraction of sp³-hybridized carbons (Fsp3) is 0.0667. The van der Waals surface area contributed by atoms with Crippen molar-refractivity contribution in [3.05, 3.63) is 53.1 Å². The lowest BCUT2D eigenvalue weighted by molar-refractivity contribution is 0.102. The number of benzene rings is 2. The van der Waals surface area contributed by atoms with Crippen molar-refractivity contribution in [2.75, 3.05) is 12.4 Å². The molecule has 4 nitrogen and oxygen atoms in total. The third-order valence-electron chi connectivity index (χ3n) is 2.91. The molecule has 3 aromatic rings. The molecule has 0 radical (unpaired) electrons. The Kier molecular flexibility index (Phi) is 3.77. The number of rotatable bonds is 3. The molecule has 21 heavy (non-hydrogen) atoms. The number of thiazole rings is 1. The van der Waals surface area contributed by atoms with Crippen LogP contribution < -0.4 is 10.1 Å². The second-order valence-electron chi connectivity index (χ2n) is 4.29. The van der Waals surface area contributed by atoms with Crippen molar-refractivity contribution in [3.63, 3.8) is 0 Å². The summed E-state index contributed by atoms with van der Waals surface area (Å²) in [6, 6.07) is 12.4. The summed E-state index contributed by atoms with van der Waals surface area (Å²) in [6.07, 6.45) is 0. The van der Waals surface area contributed by atoms with Gasteiger partial charge in [-0.05, 0) is 30.3 Å². The molecule has 0 saturated carbocycles. The van der Waals surface area contributed by atoms with Crippen LogP contribution in [0.3, 0.4) is 0 Å². The lowest BCUT2D eigenvalue weighted by Gasteiger charge is -2.01. The van der Waals surface area contributed by atoms with E-state index in [0.29, 0.717) is 21.5 Å². The summed E-state index contributed by atoms with van der Waals surface area (Å²) in [5, 5.41) is 3.83. The maximum absolute atomic E-state index is 12.2. The number of hydrogen-bond donors (Lipinski definition) is 1. The Balaban J connectivity index is 1.90. The number of nitrogens with one attached hydrogen (secondary N) is 1. The van der Waals surface area contributed by atoms with Gasteiger partial charge in [0.15, 0.2) is 5.13 Å². The zero-order valence-corrected chi connectivity index (χ0v) is 12.7. The molecule has 0 spiro atoms. The number of fused-ring (bicyclic) bond motifs is 1. The molecule has 0 saturated heterocycles. The molecule has 1 heterocycles. The van der Waals surface area contributed by atoms with Gasteiger partial charge >= 0.3 is 0 Å². The molecule has 0 bridgehead atoms. The molecule has 2 aromatic carbocycles. The highest BCUT2D eigenvalue weighted by atomic mass is 35.5. The van der Waals surface area contributed by atoms with Gasteiger partial charge in [0.25, 0.3) is 5.91 Å². The maximum Gasteiger partial charge on any atom is 0.257 e. The summed E-state index contributed by atoms with van der Waals surface area (Å²) in [7, 11) is 1.60. The van der Waals surface area contributed by atoms with Crippen molar-refractivity contribution >= 4 is 44.2 Å². The molecular formula is C15H11ClN2O2S. The van der Waals surface area contributed by atoms with Gasteiger partial charge in [0.05, 0.1) is 11.8 Å². The predicted octanol–water partition coefficient (Wildman–Crippen LogP) is 4.21. The molecule has 106 valence electrons. The van der Waals surface area contributed by atoms with Gasteiger partial charge in [0.1, 0.15) is 11.3 Å². The van der Waals surface area contributed by atoms with E-state index in [0.717, 1.165) is 10.2 Å². The normalized spacial score (nSPS) is 10.6. The Morgan fingerprint density at radius 2 is 2.10 bits per heavy atom. The smallest absolute Gasteiger partial charge is 0.257 e. The average Bonchev–Trinajstić information content (AvgIpc) is 2.89. The molecule has 0 unspecified atom stereocenters. The van der Waals surface area contributed by atoms with E-state index in [1.807, 2.05) is 18.2 Å². The van der Waals surface area contributed by atoms with E-state index in [2.05, 4.69) is 10.3 Å². The number of carbonyl (C=O) groups excluding carboxylic acids is 1. The van der Waals surface area contributed by atoms with E-state index < -0.39 is 0 Å². The first-order valence-electron chi connectivity index (χ1n) is 6.18. The van der Waals surface area contributed by atoms with E-state index in [-0.39, 0.29) is 5.91 Å². The molecule has 1 aromatic heterocycles. The Bertz CT molecular complexity index is 816. The summed E-state index contributed by atoms with van der Waals surface area (Å²) < 4.78 is 6.21. The van der Waals surface area contributed by atoms with Crippen molar-refractivity contribution in [2.24, 2.45) is 0 Å². The Morgan fingerprint density at radius 3 is 2.86 bits per heavy atom. The Labute approximate surface area is 130 Å². The number of para-hydroxylation sites is 1. The minimum Gasteiger partial charge on any atom is -0.494 e. The number of nitrogens with zero attached hydrogens (tertiary/aromatic N) is 1. The number of aromatic nitrogens is 1. The van der Waals surface area contributed by atoms with Crippen LogP contribution in [0.25, 0.3) is 10.2 Å². The van der Waals surface area contributed by atoms with E-state index in [4.69, 9.17) is 16.3 Å². The third kappa shape index (κ3) is 2.84. The first-order chi connectivity index (χ1) is 10.2. The summed E-state index contributed by atoms with van der Waals surface area (Å²) in [5.74, 6) is 0.447. The van der Waals surface area contributed by atoms with Crippen LogP contribution in [0.2, 0.25) is 5.02 Å². The van der Waals surface area contributed by atoms with Gasteiger partial charge in [0.2, 0.25) is 0 Å². The molecule has 0 aliphatic rings. The number of anilines is 1. The molecule has 0 atom stereocenters. The van der Waals surface area contributed by atoms with Crippen molar-refractivity contribution in [1.29, 1.82) is 0 Å². The number of halogens is 1. The molecule has 1 amide bonds. The van der Waals surface area contributed by atoms with E-state index in [1.54, 1.807) is 31.4 Å². The van der Waals surface area contributed by atoms with Crippen LogP contribution in [0.5, 0.6) is 5.75 Å². The Hall–Kier alpha value is -2.11. The minimum absolute atomic E-state index is 0.240. The van der Waals surface area contributed by atoms with Crippen molar-refractivity contribution in [2.45, 2.75) is 0 Å². The number of methoxy groups -OCH3 is 1. The van der Waals surface area contributed by atoms with Crippen LogP contribution in [0.1, 0.15) is 10.4 Å². The van der Waals surface area contributed by atoms with E-state index >= 15 is 0 Å². The van der Waals surface area contributed by atoms with Crippen LogP contribution in [-0.4, -0.2) is 18.0 Å². The summed E-state index contributed by atoms with van der Waals surface area (Å²) in [4.78, 5) is 16.6. The molecule has 0 fully saturated rings. The monoisotopic (exact) mass is 318 g/mol.